The Morgan fingerprint density at radius 2 is 1.88 bits per heavy atom. The summed E-state index contributed by atoms with van der Waals surface area (Å²) in [6.07, 6.45) is -0.529. The molecule has 0 atom stereocenters. The minimum absolute atomic E-state index is 0.0771. The molecule has 0 aliphatic carbocycles. The van der Waals surface area contributed by atoms with Gasteiger partial charge in [-0.1, -0.05) is 0 Å². The molecule has 0 unspecified atom stereocenters. The van der Waals surface area contributed by atoms with Crippen LogP contribution in [-0.2, 0) is 16.0 Å². The highest BCUT2D eigenvalue weighted by atomic mass is 32.1. The molecule has 2 amide bonds. The summed E-state index contributed by atoms with van der Waals surface area (Å²) in [7, 11) is 4.33. The van der Waals surface area contributed by atoms with Gasteiger partial charge in [-0.3, -0.25) is 10.1 Å². The number of hydrogen-bond acceptors (Lipinski definition) is 7. The molecule has 2 N–H and O–H groups in total. The topological polar surface area (TPSA) is 98.8 Å². The van der Waals surface area contributed by atoms with Crippen molar-refractivity contribution in [2.45, 2.75) is 6.42 Å². The summed E-state index contributed by atoms with van der Waals surface area (Å²) in [6, 6.07) is 5.09. The first-order valence-corrected chi connectivity index (χ1v) is 7.75. The molecule has 0 aliphatic heterocycles. The molecule has 1 heterocycles. The number of thiazole rings is 1. The molecule has 0 saturated carbocycles. The highest BCUT2D eigenvalue weighted by Gasteiger charge is 2.11. The third-order valence-corrected chi connectivity index (χ3v) is 3.76. The number of methoxy groups -OCH3 is 3. The van der Waals surface area contributed by atoms with Crippen molar-refractivity contribution in [3.63, 3.8) is 0 Å². The number of benzene rings is 1. The number of nitrogens with one attached hydrogen (secondary N) is 2. The van der Waals surface area contributed by atoms with Gasteiger partial charge in [0.1, 0.15) is 0 Å². The number of ether oxygens (including phenoxy) is 3. The number of aromatic nitrogens is 1. The van der Waals surface area contributed by atoms with Crippen molar-refractivity contribution in [3.8, 4) is 11.5 Å². The highest BCUT2D eigenvalue weighted by molar-refractivity contribution is 7.13. The van der Waals surface area contributed by atoms with Gasteiger partial charge in [0.25, 0.3) is 0 Å². The predicted octanol–water partition coefficient (Wildman–Crippen LogP) is 2.52. The maximum absolute atomic E-state index is 12.1. The van der Waals surface area contributed by atoms with Crippen LogP contribution >= 0.6 is 11.3 Å². The van der Waals surface area contributed by atoms with Gasteiger partial charge >= 0.3 is 6.09 Å². The number of carbonyl (C=O) groups excluding carboxylic acids is 2. The summed E-state index contributed by atoms with van der Waals surface area (Å²) in [5.74, 6) is 0.860. The van der Waals surface area contributed by atoms with Gasteiger partial charge in [-0.05, 0) is 12.1 Å². The molecule has 1 aromatic carbocycles. The van der Waals surface area contributed by atoms with Crippen LogP contribution in [0.1, 0.15) is 5.69 Å². The molecule has 9 heteroatoms. The molecule has 2 aromatic rings. The molecule has 8 nitrogen and oxygen atoms in total. The molecule has 0 spiro atoms. The van der Waals surface area contributed by atoms with Crippen molar-refractivity contribution < 1.29 is 23.8 Å². The van der Waals surface area contributed by atoms with Gasteiger partial charge < -0.3 is 19.5 Å². The minimum Gasteiger partial charge on any atom is -0.493 e. The molecule has 0 aliphatic rings. The van der Waals surface area contributed by atoms with Crippen molar-refractivity contribution >= 4 is 34.2 Å². The monoisotopic (exact) mass is 351 g/mol. The summed E-state index contributed by atoms with van der Waals surface area (Å²) in [5.41, 5.74) is 1.13. The summed E-state index contributed by atoms with van der Waals surface area (Å²) < 4.78 is 14.8. The van der Waals surface area contributed by atoms with Crippen LogP contribution in [0.4, 0.5) is 15.6 Å². The Balaban J connectivity index is 1.97. The number of nitrogens with zero attached hydrogens (tertiary/aromatic N) is 1. The first kappa shape index (κ1) is 17.5. The lowest BCUT2D eigenvalue weighted by molar-refractivity contribution is -0.115. The SMILES string of the molecule is COC(=O)Nc1nc(CC(=O)Nc2ccc(OC)c(OC)c2)cs1. The molecular weight excluding hydrogens is 334 g/mol. The molecule has 24 heavy (non-hydrogen) atoms. The molecule has 2 rings (SSSR count). The van der Waals surface area contributed by atoms with E-state index in [0.29, 0.717) is 28.0 Å². The highest BCUT2D eigenvalue weighted by Crippen LogP contribution is 2.29. The van der Waals surface area contributed by atoms with E-state index in [1.54, 1.807) is 23.6 Å². The van der Waals surface area contributed by atoms with E-state index in [9.17, 15) is 9.59 Å². The summed E-state index contributed by atoms with van der Waals surface area (Å²) >= 11 is 1.21. The van der Waals surface area contributed by atoms with Crippen LogP contribution in [0.15, 0.2) is 23.6 Å². The summed E-state index contributed by atoms with van der Waals surface area (Å²) in [5, 5.41) is 7.27. The van der Waals surface area contributed by atoms with E-state index in [2.05, 4.69) is 20.4 Å². The van der Waals surface area contributed by atoms with Crippen LogP contribution in [0.5, 0.6) is 11.5 Å². The fourth-order valence-corrected chi connectivity index (χ4v) is 2.56. The van der Waals surface area contributed by atoms with Gasteiger partial charge in [-0.15, -0.1) is 11.3 Å². The smallest absolute Gasteiger partial charge is 0.413 e. The molecule has 0 fully saturated rings. The van der Waals surface area contributed by atoms with E-state index in [1.807, 2.05) is 0 Å². The Hall–Kier alpha value is -2.81. The average Bonchev–Trinajstić information content (AvgIpc) is 3.01. The number of rotatable bonds is 6. The minimum atomic E-state index is -0.606. The van der Waals surface area contributed by atoms with E-state index in [0.717, 1.165) is 0 Å². The van der Waals surface area contributed by atoms with E-state index in [4.69, 9.17) is 9.47 Å². The van der Waals surface area contributed by atoms with Gasteiger partial charge in [0, 0.05) is 17.1 Å². The zero-order chi connectivity index (χ0) is 17.5. The van der Waals surface area contributed by atoms with Crippen LogP contribution in [0.2, 0.25) is 0 Å². The lowest BCUT2D eigenvalue weighted by Crippen LogP contribution is -2.15. The lowest BCUT2D eigenvalue weighted by atomic mass is 10.2. The maximum Gasteiger partial charge on any atom is 0.413 e. The first-order chi connectivity index (χ1) is 11.5. The maximum atomic E-state index is 12.1. The van der Waals surface area contributed by atoms with Crippen LogP contribution in [0.25, 0.3) is 0 Å². The lowest BCUT2D eigenvalue weighted by Gasteiger charge is -2.10. The van der Waals surface area contributed by atoms with Crippen LogP contribution in [0.3, 0.4) is 0 Å². The first-order valence-electron chi connectivity index (χ1n) is 6.87. The molecule has 1 aromatic heterocycles. The number of hydrogen-bond donors (Lipinski definition) is 2. The van der Waals surface area contributed by atoms with Crippen molar-refractivity contribution in [2.24, 2.45) is 0 Å². The third kappa shape index (κ3) is 4.59. The van der Waals surface area contributed by atoms with Gasteiger partial charge in [0.15, 0.2) is 16.6 Å². The van der Waals surface area contributed by atoms with Crippen molar-refractivity contribution in [3.05, 3.63) is 29.3 Å². The summed E-state index contributed by atoms with van der Waals surface area (Å²) in [6.45, 7) is 0. The van der Waals surface area contributed by atoms with Crippen molar-refractivity contribution in [1.82, 2.24) is 4.98 Å². The zero-order valence-corrected chi connectivity index (χ0v) is 14.2. The van der Waals surface area contributed by atoms with Crippen molar-refractivity contribution in [1.29, 1.82) is 0 Å². The van der Waals surface area contributed by atoms with Gasteiger partial charge in [-0.2, -0.15) is 0 Å². The van der Waals surface area contributed by atoms with E-state index < -0.39 is 6.09 Å². The Morgan fingerprint density at radius 1 is 1.12 bits per heavy atom. The molecule has 0 radical (unpaired) electrons. The molecule has 0 saturated heterocycles. The average molecular weight is 351 g/mol. The molecular formula is C15H17N3O5S. The van der Waals surface area contributed by atoms with E-state index >= 15 is 0 Å². The second-order valence-electron chi connectivity index (χ2n) is 4.56. The molecule has 0 bridgehead atoms. The van der Waals surface area contributed by atoms with E-state index in [-0.39, 0.29) is 12.3 Å². The van der Waals surface area contributed by atoms with Crippen molar-refractivity contribution in [2.75, 3.05) is 32.0 Å². The fourth-order valence-electron chi connectivity index (χ4n) is 1.87. The van der Waals surface area contributed by atoms with Crippen LogP contribution < -0.4 is 20.1 Å². The predicted molar refractivity (Wildman–Crippen MR) is 90.0 cm³/mol. The van der Waals surface area contributed by atoms with Gasteiger partial charge in [0.05, 0.1) is 33.4 Å². The second kappa shape index (κ2) is 8.16. The zero-order valence-electron chi connectivity index (χ0n) is 13.4. The standard InChI is InChI=1S/C15H17N3O5S/c1-21-11-5-4-9(6-12(11)22-2)16-13(19)7-10-8-24-14(17-10)18-15(20)23-3/h4-6,8H,7H2,1-3H3,(H,16,19)(H,17,18,20). The fraction of sp³-hybridized carbons (Fsp3) is 0.267. The number of anilines is 2. The second-order valence-corrected chi connectivity index (χ2v) is 5.41. The van der Waals surface area contributed by atoms with E-state index in [1.165, 1.54) is 32.7 Å². The van der Waals surface area contributed by atoms with Crippen LogP contribution in [0, 0.1) is 0 Å². The van der Waals surface area contributed by atoms with Crippen LogP contribution in [-0.4, -0.2) is 38.3 Å². The number of carbonyl (C=O) groups is 2. The summed E-state index contributed by atoms with van der Waals surface area (Å²) in [4.78, 5) is 27.3. The molecule has 128 valence electrons. The Bertz CT molecular complexity index is 732. The Kier molecular flexibility index (Phi) is 5.96. The third-order valence-electron chi connectivity index (χ3n) is 2.96. The normalized spacial score (nSPS) is 9.96. The largest absolute Gasteiger partial charge is 0.493 e. The Labute approximate surface area is 142 Å². The number of amides is 2. The van der Waals surface area contributed by atoms with Gasteiger partial charge in [-0.25, -0.2) is 9.78 Å². The quantitative estimate of drug-likeness (QED) is 0.830. The van der Waals surface area contributed by atoms with Gasteiger partial charge in [0.2, 0.25) is 5.91 Å². The Morgan fingerprint density at radius 3 is 2.54 bits per heavy atom.